The van der Waals surface area contributed by atoms with Gasteiger partial charge in [-0.05, 0) is 117 Å². The monoisotopic (exact) mass is 602 g/mol. The van der Waals surface area contributed by atoms with Crippen molar-refractivity contribution in [3.63, 3.8) is 0 Å². The Bertz CT molecular complexity index is 1190. The predicted molar refractivity (Wildman–Crippen MR) is 174 cm³/mol. The Kier molecular flexibility index (Phi) is 14.1. The number of carbonyl (C=O) groups is 1. The summed E-state index contributed by atoms with van der Waals surface area (Å²) in [5.74, 6) is 1.08. The highest BCUT2D eigenvalue weighted by Gasteiger charge is 2.40. The highest BCUT2D eigenvalue weighted by Crippen LogP contribution is 2.44. The van der Waals surface area contributed by atoms with Crippen LogP contribution in [0.4, 0.5) is 0 Å². The van der Waals surface area contributed by atoms with Crippen LogP contribution < -0.4 is 9.47 Å². The van der Waals surface area contributed by atoms with Gasteiger partial charge in [-0.25, -0.2) is 0 Å². The van der Waals surface area contributed by atoms with Crippen LogP contribution in [-0.2, 0) is 20.3 Å². The average molecular weight is 603 g/mol. The lowest BCUT2D eigenvalue weighted by Gasteiger charge is -2.37. The normalized spacial score (nSPS) is 18.7. The van der Waals surface area contributed by atoms with Crippen LogP contribution in [0.1, 0.15) is 109 Å². The Morgan fingerprint density at radius 1 is 0.976 bits per heavy atom. The zero-order valence-electron chi connectivity index (χ0n) is 26.9. The van der Waals surface area contributed by atoms with E-state index in [0.717, 1.165) is 73.8 Å². The summed E-state index contributed by atoms with van der Waals surface area (Å²) in [5, 5.41) is -0.452. The van der Waals surface area contributed by atoms with Gasteiger partial charge in [0.05, 0.1) is 12.8 Å². The standard InChI is InChI=1S/C34H52O5P2/c1-24(2)13-10-14-25(3)15-11-16-26(4)17-12-21-34(7)22-20-29-28(6)33(27(5)23-30(29)39-34)38-31(35)18-19-32(40(8)36)41(9)37/h13,15,17,23,32H,10-12,14,16,18-22H2,1-9H3/q+2/b25-15+,26-17+. The Morgan fingerprint density at radius 3 is 2.15 bits per heavy atom. The van der Waals surface area contributed by atoms with Crippen molar-refractivity contribution in [1.82, 2.24) is 0 Å². The van der Waals surface area contributed by atoms with E-state index in [4.69, 9.17) is 9.47 Å². The smallest absolute Gasteiger partial charge is 0.389 e. The summed E-state index contributed by atoms with van der Waals surface area (Å²) in [4.78, 5) is 12.6. The second kappa shape index (κ2) is 16.5. The van der Waals surface area contributed by atoms with Gasteiger partial charge in [0.2, 0.25) is 0 Å². The third-order valence-corrected chi connectivity index (χ3v) is 12.2. The number of allylic oxidation sites excluding steroid dienone is 6. The third kappa shape index (κ3) is 11.6. The van der Waals surface area contributed by atoms with E-state index in [9.17, 15) is 13.9 Å². The first-order valence-electron chi connectivity index (χ1n) is 15.0. The number of aryl methyl sites for hydroxylation is 1. The lowest BCUT2D eigenvalue weighted by molar-refractivity contribution is -0.134. The number of hydrogen-bond acceptors (Lipinski definition) is 5. The van der Waals surface area contributed by atoms with Gasteiger partial charge in [-0.15, -0.1) is 0 Å². The molecule has 0 N–H and O–H groups in total. The molecule has 0 fully saturated rings. The summed E-state index contributed by atoms with van der Waals surface area (Å²) in [6, 6.07) is 1.99. The van der Waals surface area contributed by atoms with Gasteiger partial charge >= 0.3 is 27.0 Å². The number of ether oxygens (including phenoxy) is 2. The van der Waals surface area contributed by atoms with Gasteiger partial charge in [0.1, 0.15) is 30.4 Å². The topological polar surface area (TPSA) is 69.7 Å². The zero-order chi connectivity index (χ0) is 30.7. The van der Waals surface area contributed by atoms with Crippen LogP contribution >= 0.6 is 15.6 Å². The molecule has 226 valence electrons. The molecule has 3 unspecified atom stereocenters. The van der Waals surface area contributed by atoms with E-state index in [0.29, 0.717) is 12.2 Å². The Labute approximate surface area is 250 Å². The number of benzene rings is 1. The maximum absolute atomic E-state index is 12.6. The minimum absolute atomic E-state index is 0.0954. The number of fused-ring (bicyclic) bond motifs is 1. The second-order valence-corrected chi connectivity index (χ2v) is 16.1. The van der Waals surface area contributed by atoms with Crippen molar-refractivity contribution >= 4 is 21.6 Å². The highest BCUT2D eigenvalue weighted by atomic mass is 31.2. The molecule has 3 atom stereocenters. The van der Waals surface area contributed by atoms with Crippen LogP contribution in [0.15, 0.2) is 41.0 Å². The van der Waals surface area contributed by atoms with Gasteiger partial charge in [-0.1, -0.05) is 44.1 Å². The predicted octanol–water partition coefficient (Wildman–Crippen LogP) is 10.5. The van der Waals surface area contributed by atoms with Crippen molar-refractivity contribution in [2.24, 2.45) is 0 Å². The molecule has 0 bridgehead atoms. The van der Waals surface area contributed by atoms with E-state index >= 15 is 0 Å². The quantitative estimate of drug-likeness (QED) is 0.0864. The summed E-state index contributed by atoms with van der Waals surface area (Å²) in [6.45, 7) is 18.0. The number of rotatable bonds is 15. The van der Waals surface area contributed by atoms with Gasteiger partial charge in [-0.3, -0.25) is 4.79 Å². The van der Waals surface area contributed by atoms with E-state index < -0.39 is 21.0 Å². The molecule has 2 rings (SSSR count). The average Bonchev–Trinajstić information content (AvgIpc) is 2.85. The van der Waals surface area contributed by atoms with Crippen LogP contribution in [0, 0.1) is 13.8 Å². The lowest BCUT2D eigenvalue weighted by Crippen LogP contribution is -2.36. The fourth-order valence-corrected chi connectivity index (χ4v) is 8.19. The molecule has 0 spiro atoms. The summed E-state index contributed by atoms with van der Waals surface area (Å²) >= 11 is 0. The summed E-state index contributed by atoms with van der Waals surface area (Å²) in [5.41, 5.74) is 6.95. The molecular formula is C34H52O5P2+2. The van der Waals surface area contributed by atoms with Crippen LogP contribution in [-0.4, -0.2) is 30.3 Å². The highest BCUT2D eigenvalue weighted by molar-refractivity contribution is 7.63. The number of esters is 1. The first-order valence-corrected chi connectivity index (χ1v) is 18.5. The van der Waals surface area contributed by atoms with Crippen molar-refractivity contribution in [1.29, 1.82) is 0 Å². The molecule has 0 amide bonds. The summed E-state index contributed by atoms with van der Waals surface area (Å²) in [6.07, 6.45) is 15.6. The Hall–Kier alpha value is -2.09. The molecule has 0 radical (unpaired) electrons. The molecule has 5 nitrogen and oxygen atoms in total. The maximum Gasteiger partial charge on any atom is 0.389 e. The molecule has 0 aromatic heterocycles. The Balaban J connectivity index is 1.94. The molecule has 1 aromatic carbocycles. The van der Waals surface area contributed by atoms with Crippen LogP contribution in [0.3, 0.4) is 0 Å². The van der Waals surface area contributed by atoms with Gasteiger partial charge in [0.25, 0.3) is 0 Å². The molecule has 1 aliphatic heterocycles. The molecule has 1 aliphatic rings. The molecule has 7 heteroatoms. The molecule has 0 saturated carbocycles. The molecule has 0 saturated heterocycles. The summed E-state index contributed by atoms with van der Waals surface area (Å²) in [7, 11) is -3.21. The maximum atomic E-state index is 12.6. The molecule has 0 aliphatic carbocycles. The van der Waals surface area contributed by atoms with Crippen LogP contribution in [0.25, 0.3) is 0 Å². The fourth-order valence-electron chi connectivity index (χ4n) is 5.37. The molecule has 41 heavy (non-hydrogen) atoms. The van der Waals surface area contributed by atoms with E-state index in [-0.39, 0.29) is 18.0 Å². The molecule has 1 aromatic rings. The van der Waals surface area contributed by atoms with E-state index in [1.54, 1.807) is 13.3 Å². The first kappa shape index (κ1) is 35.1. The Morgan fingerprint density at radius 2 is 1.56 bits per heavy atom. The van der Waals surface area contributed by atoms with Crippen molar-refractivity contribution < 1.29 is 23.4 Å². The lowest BCUT2D eigenvalue weighted by atomic mass is 9.86. The zero-order valence-corrected chi connectivity index (χ0v) is 28.7. The number of carbonyl (C=O) groups excluding carboxylic acids is 1. The molecule has 1 heterocycles. The van der Waals surface area contributed by atoms with E-state index in [1.807, 2.05) is 19.9 Å². The SMILES string of the molecule is CC(C)=CCC/C(C)=C/CC/C(C)=C/CCC1(C)CCc2c(cc(C)c(OC(=O)CCC([P+](C)=O)[P+](C)=O)c2C)O1. The third-order valence-electron chi connectivity index (χ3n) is 8.01. The first-order chi connectivity index (χ1) is 19.2. The van der Waals surface area contributed by atoms with E-state index in [2.05, 4.69) is 52.8 Å². The van der Waals surface area contributed by atoms with E-state index in [1.165, 1.54) is 16.7 Å². The van der Waals surface area contributed by atoms with Crippen molar-refractivity contribution in [2.75, 3.05) is 13.3 Å². The van der Waals surface area contributed by atoms with Crippen molar-refractivity contribution in [3.05, 3.63) is 57.7 Å². The minimum atomic E-state index is -1.61. The minimum Gasteiger partial charge on any atom is -0.487 e. The van der Waals surface area contributed by atoms with Crippen LogP contribution in [0.2, 0.25) is 0 Å². The second-order valence-electron chi connectivity index (χ2n) is 12.3. The van der Waals surface area contributed by atoms with Gasteiger partial charge in [0.15, 0.2) is 0 Å². The van der Waals surface area contributed by atoms with Gasteiger partial charge in [0, 0.05) is 5.56 Å². The van der Waals surface area contributed by atoms with Crippen molar-refractivity contribution in [3.8, 4) is 11.5 Å². The van der Waals surface area contributed by atoms with Crippen LogP contribution in [0.5, 0.6) is 11.5 Å². The van der Waals surface area contributed by atoms with Crippen molar-refractivity contribution in [2.45, 2.75) is 124 Å². The largest absolute Gasteiger partial charge is 0.487 e. The fraction of sp³-hybridized carbons (Fsp3) is 0.618. The van der Waals surface area contributed by atoms with Gasteiger partial charge in [-0.2, -0.15) is 0 Å². The summed E-state index contributed by atoms with van der Waals surface area (Å²) < 4.78 is 36.1. The van der Waals surface area contributed by atoms with Gasteiger partial charge < -0.3 is 9.47 Å². The number of hydrogen-bond donors (Lipinski definition) is 0. The molecular weight excluding hydrogens is 550 g/mol.